The number of hydrogen-bond acceptors (Lipinski definition) is 3. The fourth-order valence-electron chi connectivity index (χ4n) is 3.05. The largest absolute Gasteiger partial charge is 0.337 e. The predicted octanol–water partition coefficient (Wildman–Crippen LogP) is 6.28. The Balaban J connectivity index is 1.68. The van der Waals surface area contributed by atoms with Gasteiger partial charge in [0.2, 0.25) is 0 Å². The van der Waals surface area contributed by atoms with Gasteiger partial charge in [0.1, 0.15) is 5.69 Å². The number of aromatic amines is 1. The van der Waals surface area contributed by atoms with Gasteiger partial charge in [0.15, 0.2) is 5.82 Å². The standard InChI is InChI=1S/C23H21ClN4/c1-5-14-10-17(24)21(26-12-14)15-6-8-19(25-13-15)22-27-18-9-7-16(23(2,3)4)11-20(18)28-22/h5-13H,1H2,2-4H3,(H,27,28). The van der Waals surface area contributed by atoms with Crippen molar-refractivity contribution in [2.75, 3.05) is 0 Å². The van der Waals surface area contributed by atoms with Crippen LogP contribution in [0.5, 0.6) is 0 Å². The molecule has 1 aromatic carbocycles. The lowest BCUT2D eigenvalue weighted by Crippen LogP contribution is -2.10. The zero-order valence-electron chi connectivity index (χ0n) is 16.1. The summed E-state index contributed by atoms with van der Waals surface area (Å²) in [6, 6.07) is 12.1. The van der Waals surface area contributed by atoms with Gasteiger partial charge < -0.3 is 4.98 Å². The van der Waals surface area contributed by atoms with Gasteiger partial charge in [0.25, 0.3) is 0 Å². The summed E-state index contributed by atoms with van der Waals surface area (Å²) < 4.78 is 0. The number of aromatic nitrogens is 4. The molecule has 0 spiro atoms. The smallest absolute Gasteiger partial charge is 0.157 e. The molecule has 0 radical (unpaired) electrons. The normalized spacial score (nSPS) is 11.7. The minimum atomic E-state index is 0.0901. The predicted molar refractivity (Wildman–Crippen MR) is 116 cm³/mol. The van der Waals surface area contributed by atoms with E-state index in [1.165, 1.54) is 5.56 Å². The summed E-state index contributed by atoms with van der Waals surface area (Å²) in [5.74, 6) is 0.744. The number of nitrogens with one attached hydrogen (secondary N) is 1. The zero-order valence-corrected chi connectivity index (χ0v) is 16.9. The first-order valence-corrected chi connectivity index (χ1v) is 9.48. The van der Waals surface area contributed by atoms with Gasteiger partial charge >= 0.3 is 0 Å². The maximum Gasteiger partial charge on any atom is 0.157 e. The second-order valence-corrected chi connectivity index (χ2v) is 8.21. The average Bonchev–Trinajstić information content (AvgIpc) is 3.10. The van der Waals surface area contributed by atoms with Gasteiger partial charge in [-0.05, 0) is 46.9 Å². The first-order valence-electron chi connectivity index (χ1n) is 9.10. The Morgan fingerprint density at radius 3 is 2.50 bits per heavy atom. The van der Waals surface area contributed by atoms with Crippen LogP contribution < -0.4 is 0 Å². The molecular formula is C23H21ClN4. The molecule has 3 heterocycles. The van der Waals surface area contributed by atoms with E-state index in [-0.39, 0.29) is 5.41 Å². The summed E-state index contributed by atoms with van der Waals surface area (Å²) in [5.41, 5.74) is 6.51. The third-order valence-corrected chi connectivity index (χ3v) is 5.01. The molecule has 4 rings (SSSR count). The highest BCUT2D eigenvalue weighted by molar-refractivity contribution is 6.33. The lowest BCUT2D eigenvalue weighted by atomic mass is 9.87. The van der Waals surface area contributed by atoms with Crippen LogP contribution in [0.2, 0.25) is 5.02 Å². The van der Waals surface area contributed by atoms with Gasteiger partial charge in [-0.3, -0.25) is 9.97 Å². The van der Waals surface area contributed by atoms with Crippen molar-refractivity contribution in [1.82, 2.24) is 19.9 Å². The molecule has 0 fully saturated rings. The van der Waals surface area contributed by atoms with Gasteiger partial charge in [-0.25, -0.2) is 4.98 Å². The second kappa shape index (κ2) is 6.88. The SMILES string of the molecule is C=Cc1cnc(-c2ccc(-c3nc4ccc(C(C)(C)C)cc4[nH]3)nc2)c(Cl)c1. The van der Waals surface area contributed by atoms with Crippen LogP contribution in [0.25, 0.3) is 39.9 Å². The maximum atomic E-state index is 6.35. The molecule has 3 aromatic heterocycles. The van der Waals surface area contributed by atoms with Crippen molar-refractivity contribution in [2.24, 2.45) is 0 Å². The lowest BCUT2D eigenvalue weighted by Gasteiger charge is -2.18. The molecule has 0 aliphatic rings. The molecule has 28 heavy (non-hydrogen) atoms. The molecule has 0 saturated heterocycles. The molecule has 0 amide bonds. The molecule has 0 aliphatic carbocycles. The first kappa shape index (κ1) is 18.4. The zero-order chi connectivity index (χ0) is 19.9. The summed E-state index contributed by atoms with van der Waals surface area (Å²) in [5, 5.41) is 0.574. The Hall–Kier alpha value is -2.98. The van der Waals surface area contributed by atoms with E-state index in [1.807, 2.05) is 18.2 Å². The summed E-state index contributed by atoms with van der Waals surface area (Å²) in [6.45, 7) is 10.3. The number of hydrogen-bond donors (Lipinski definition) is 1. The van der Waals surface area contributed by atoms with Crippen molar-refractivity contribution in [2.45, 2.75) is 26.2 Å². The lowest BCUT2D eigenvalue weighted by molar-refractivity contribution is 0.591. The topological polar surface area (TPSA) is 54.5 Å². The van der Waals surface area contributed by atoms with E-state index < -0.39 is 0 Å². The van der Waals surface area contributed by atoms with E-state index in [2.05, 4.69) is 65.5 Å². The van der Waals surface area contributed by atoms with Crippen LogP contribution >= 0.6 is 11.6 Å². The fraction of sp³-hybridized carbons (Fsp3) is 0.174. The Morgan fingerprint density at radius 2 is 1.86 bits per heavy atom. The Morgan fingerprint density at radius 1 is 1.04 bits per heavy atom. The number of fused-ring (bicyclic) bond motifs is 1. The van der Waals surface area contributed by atoms with Crippen molar-refractivity contribution in [3.8, 4) is 22.8 Å². The number of H-pyrrole nitrogens is 1. The molecule has 0 saturated carbocycles. The van der Waals surface area contributed by atoms with Crippen LogP contribution in [0.4, 0.5) is 0 Å². The summed E-state index contributed by atoms with van der Waals surface area (Å²) in [7, 11) is 0. The maximum absolute atomic E-state index is 6.35. The van der Waals surface area contributed by atoms with Crippen molar-refractivity contribution in [1.29, 1.82) is 0 Å². The average molecular weight is 389 g/mol. The van der Waals surface area contributed by atoms with Crippen LogP contribution in [0.3, 0.4) is 0 Å². The molecule has 0 aliphatic heterocycles. The quantitative estimate of drug-likeness (QED) is 0.449. The molecular weight excluding hydrogens is 368 g/mol. The summed E-state index contributed by atoms with van der Waals surface area (Å²) in [4.78, 5) is 17.0. The molecule has 1 N–H and O–H groups in total. The van der Waals surface area contributed by atoms with Gasteiger partial charge in [-0.15, -0.1) is 0 Å². The molecule has 140 valence electrons. The minimum Gasteiger partial charge on any atom is -0.337 e. The number of pyridine rings is 2. The number of imidazole rings is 1. The number of benzene rings is 1. The third-order valence-electron chi connectivity index (χ3n) is 4.73. The Labute approximate surface area is 169 Å². The van der Waals surface area contributed by atoms with Gasteiger partial charge in [-0.1, -0.05) is 51.1 Å². The van der Waals surface area contributed by atoms with Crippen molar-refractivity contribution in [3.63, 3.8) is 0 Å². The Kier molecular flexibility index (Phi) is 4.52. The number of nitrogens with zero attached hydrogens (tertiary/aromatic N) is 3. The minimum absolute atomic E-state index is 0.0901. The van der Waals surface area contributed by atoms with Crippen molar-refractivity contribution < 1.29 is 0 Å². The highest BCUT2D eigenvalue weighted by atomic mass is 35.5. The second-order valence-electron chi connectivity index (χ2n) is 7.80. The van der Waals surface area contributed by atoms with E-state index >= 15 is 0 Å². The van der Waals surface area contributed by atoms with E-state index in [0.29, 0.717) is 10.7 Å². The van der Waals surface area contributed by atoms with Gasteiger partial charge in [-0.2, -0.15) is 0 Å². The molecule has 4 aromatic rings. The van der Waals surface area contributed by atoms with E-state index in [1.54, 1.807) is 18.5 Å². The Bertz CT molecular complexity index is 1170. The summed E-state index contributed by atoms with van der Waals surface area (Å²) in [6.07, 6.45) is 5.23. The fourth-order valence-corrected chi connectivity index (χ4v) is 3.33. The van der Waals surface area contributed by atoms with Crippen LogP contribution in [0, 0.1) is 0 Å². The third kappa shape index (κ3) is 3.43. The number of halogens is 1. The van der Waals surface area contributed by atoms with Crippen LogP contribution in [0.15, 0.2) is 55.4 Å². The monoisotopic (exact) mass is 388 g/mol. The molecule has 0 bridgehead atoms. The van der Waals surface area contributed by atoms with E-state index in [0.717, 1.165) is 33.7 Å². The van der Waals surface area contributed by atoms with Gasteiger partial charge in [0, 0.05) is 18.0 Å². The van der Waals surface area contributed by atoms with E-state index in [9.17, 15) is 0 Å². The van der Waals surface area contributed by atoms with Crippen molar-refractivity contribution in [3.05, 3.63) is 71.5 Å². The highest BCUT2D eigenvalue weighted by Crippen LogP contribution is 2.29. The van der Waals surface area contributed by atoms with Crippen LogP contribution in [-0.4, -0.2) is 19.9 Å². The summed E-state index contributed by atoms with van der Waals surface area (Å²) >= 11 is 6.35. The number of rotatable bonds is 3. The van der Waals surface area contributed by atoms with Crippen LogP contribution in [0.1, 0.15) is 31.9 Å². The van der Waals surface area contributed by atoms with Crippen molar-refractivity contribution >= 4 is 28.7 Å². The van der Waals surface area contributed by atoms with E-state index in [4.69, 9.17) is 11.6 Å². The highest BCUT2D eigenvalue weighted by Gasteiger charge is 2.15. The van der Waals surface area contributed by atoms with Gasteiger partial charge in [0.05, 0.1) is 21.7 Å². The molecule has 5 heteroatoms. The van der Waals surface area contributed by atoms with Crippen LogP contribution in [-0.2, 0) is 5.41 Å². The first-order chi connectivity index (χ1) is 13.3. The molecule has 0 atom stereocenters. The molecule has 0 unspecified atom stereocenters. The molecule has 4 nitrogen and oxygen atoms in total.